The molecule has 2 fully saturated rings. The molecule has 1 N–H and O–H groups in total. The van der Waals surface area contributed by atoms with Crippen LogP contribution in [-0.4, -0.2) is 35.8 Å². The van der Waals surface area contributed by atoms with Crippen LogP contribution in [0.5, 0.6) is 0 Å². The molecule has 2 amide bonds. The average molecular weight is 405 g/mol. The maximum absolute atomic E-state index is 13.2. The third-order valence-electron chi connectivity index (χ3n) is 6.62. The van der Waals surface area contributed by atoms with E-state index < -0.39 is 5.41 Å². The van der Waals surface area contributed by atoms with E-state index in [0.717, 1.165) is 31.2 Å². The van der Waals surface area contributed by atoms with E-state index in [1.807, 2.05) is 36.9 Å². The Hall–Kier alpha value is -2.62. The molecule has 4 nitrogen and oxygen atoms in total. The van der Waals surface area contributed by atoms with Gasteiger partial charge in [-0.3, -0.25) is 9.59 Å². The molecule has 1 aliphatic carbocycles. The van der Waals surface area contributed by atoms with Crippen LogP contribution < -0.4 is 5.32 Å². The zero-order valence-corrected chi connectivity index (χ0v) is 18.1. The molecule has 1 saturated carbocycles. The van der Waals surface area contributed by atoms with Gasteiger partial charge in [0.15, 0.2) is 0 Å². The molecule has 1 saturated heterocycles. The van der Waals surface area contributed by atoms with Gasteiger partial charge in [0.25, 0.3) is 0 Å². The number of nitrogens with zero attached hydrogens (tertiary/aromatic N) is 1. The lowest BCUT2D eigenvalue weighted by Crippen LogP contribution is -2.48. The second-order valence-corrected chi connectivity index (χ2v) is 9.29. The standard InChI is InChI=1S/C26H32N2O2/c1-19(2)27-25(30)26(15-16-28(18-26)24(29)23-9-6-10-23)17-20-11-13-22(14-12-20)21-7-4-3-5-8-21/h3-5,7-8,11-14,19,23H,6,9-10,15-18H2,1-2H3,(H,27,30)/t26-/m1/s1. The summed E-state index contributed by atoms with van der Waals surface area (Å²) in [7, 11) is 0. The van der Waals surface area contributed by atoms with Crippen molar-refractivity contribution in [1.29, 1.82) is 0 Å². The second-order valence-electron chi connectivity index (χ2n) is 9.29. The first-order valence-electron chi connectivity index (χ1n) is 11.2. The van der Waals surface area contributed by atoms with Gasteiger partial charge in [-0.25, -0.2) is 0 Å². The molecule has 0 radical (unpaired) electrons. The number of benzene rings is 2. The first-order valence-corrected chi connectivity index (χ1v) is 11.2. The van der Waals surface area contributed by atoms with E-state index in [4.69, 9.17) is 0 Å². The largest absolute Gasteiger partial charge is 0.353 e. The highest BCUT2D eigenvalue weighted by atomic mass is 16.2. The summed E-state index contributed by atoms with van der Waals surface area (Å²) in [5, 5.41) is 3.12. The lowest BCUT2D eigenvalue weighted by Gasteiger charge is -2.32. The second kappa shape index (κ2) is 8.63. The maximum Gasteiger partial charge on any atom is 0.228 e. The van der Waals surface area contributed by atoms with Gasteiger partial charge in [-0.05, 0) is 56.2 Å². The Morgan fingerprint density at radius 2 is 1.70 bits per heavy atom. The van der Waals surface area contributed by atoms with Crippen LogP contribution >= 0.6 is 0 Å². The van der Waals surface area contributed by atoms with Crippen LogP contribution in [-0.2, 0) is 16.0 Å². The van der Waals surface area contributed by atoms with Gasteiger partial charge in [0.05, 0.1) is 5.41 Å². The van der Waals surface area contributed by atoms with Crippen LogP contribution in [0.25, 0.3) is 11.1 Å². The van der Waals surface area contributed by atoms with Crippen molar-refractivity contribution in [3.63, 3.8) is 0 Å². The number of carbonyl (C=O) groups is 2. The molecule has 0 aromatic heterocycles. The molecular formula is C26H32N2O2. The maximum atomic E-state index is 13.2. The molecule has 0 unspecified atom stereocenters. The average Bonchev–Trinajstić information content (AvgIpc) is 3.13. The molecule has 4 heteroatoms. The highest BCUT2D eigenvalue weighted by Crippen LogP contribution is 2.38. The summed E-state index contributed by atoms with van der Waals surface area (Å²) in [4.78, 5) is 28.0. The van der Waals surface area contributed by atoms with Crippen LogP contribution in [0.3, 0.4) is 0 Å². The van der Waals surface area contributed by atoms with Gasteiger partial charge in [-0.2, -0.15) is 0 Å². The summed E-state index contributed by atoms with van der Waals surface area (Å²) in [5.41, 5.74) is 2.96. The summed E-state index contributed by atoms with van der Waals surface area (Å²) in [6.07, 6.45) is 4.54. The lowest BCUT2D eigenvalue weighted by molar-refractivity contribution is -0.138. The van der Waals surface area contributed by atoms with Crippen LogP contribution in [0, 0.1) is 11.3 Å². The number of nitrogens with one attached hydrogen (secondary N) is 1. The predicted octanol–water partition coefficient (Wildman–Crippen LogP) is 4.44. The van der Waals surface area contributed by atoms with E-state index in [9.17, 15) is 9.59 Å². The molecule has 0 spiro atoms. The van der Waals surface area contributed by atoms with Gasteiger partial charge in [-0.1, -0.05) is 61.0 Å². The Bertz CT molecular complexity index is 887. The van der Waals surface area contributed by atoms with Gasteiger partial charge >= 0.3 is 0 Å². The van der Waals surface area contributed by atoms with Crippen LogP contribution in [0.15, 0.2) is 54.6 Å². The predicted molar refractivity (Wildman–Crippen MR) is 120 cm³/mol. The van der Waals surface area contributed by atoms with E-state index in [1.165, 1.54) is 11.1 Å². The van der Waals surface area contributed by atoms with Crippen molar-refractivity contribution < 1.29 is 9.59 Å². The monoisotopic (exact) mass is 404 g/mol. The van der Waals surface area contributed by atoms with E-state index >= 15 is 0 Å². The van der Waals surface area contributed by atoms with Crippen LogP contribution in [0.2, 0.25) is 0 Å². The van der Waals surface area contributed by atoms with Crippen molar-refractivity contribution in [2.45, 2.75) is 52.0 Å². The van der Waals surface area contributed by atoms with Crippen molar-refractivity contribution >= 4 is 11.8 Å². The van der Waals surface area contributed by atoms with Crippen molar-refractivity contribution in [2.75, 3.05) is 13.1 Å². The lowest BCUT2D eigenvalue weighted by atomic mass is 9.79. The molecule has 158 valence electrons. The summed E-state index contributed by atoms with van der Waals surface area (Å²) < 4.78 is 0. The molecule has 2 aliphatic rings. The number of carbonyl (C=O) groups excluding carboxylic acids is 2. The Balaban J connectivity index is 1.53. The number of hydrogen-bond donors (Lipinski definition) is 1. The minimum Gasteiger partial charge on any atom is -0.353 e. The summed E-state index contributed by atoms with van der Waals surface area (Å²) in [6.45, 7) is 5.20. The first kappa shape index (κ1) is 20.6. The first-order chi connectivity index (χ1) is 14.5. The minimum absolute atomic E-state index is 0.0774. The van der Waals surface area contributed by atoms with Crippen molar-refractivity contribution in [2.24, 2.45) is 11.3 Å². The molecule has 1 heterocycles. The van der Waals surface area contributed by atoms with Gasteiger partial charge in [0.1, 0.15) is 0 Å². The number of rotatable bonds is 6. The Kier molecular flexibility index (Phi) is 5.94. The quantitative estimate of drug-likeness (QED) is 0.774. The third kappa shape index (κ3) is 4.28. The SMILES string of the molecule is CC(C)NC(=O)[C@@]1(Cc2ccc(-c3ccccc3)cc2)CCN(C(=O)C2CCC2)C1. The number of hydrogen-bond acceptors (Lipinski definition) is 2. The van der Waals surface area contributed by atoms with Gasteiger partial charge in [-0.15, -0.1) is 0 Å². The minimum atomic E-state index is -0.544. The highest BCUT2D eigenvalue weighted by Gasteiger charge is 2.47. The fourth-order valence-electron chi connectivity index (χ4n) is 4.64. The van der Waals surface area contributed by atoms with Gasteiger partial charge in [0.2, 0.25) is 11.8 Å². The molecular weight excluding hydrogens is 372 g/mol. The molecule has 1 aliphatic heterocycles. The van der Waals surface area contributed by atoms with E-state index in [1.54, 1.807) is 0 Å². The van der Waals surface area contributed by atoms with Gasteiger partial charge < -0.3 is 10.2 Å². The molecule has 2 aromatic rings. The molecule has 1 atom stereocenters. The van der Waals surface area contributed by atoms with Crippen molar-refractivity contribution in [3.8, 4) is 11.1 Å². The van der Waals surface area contributed by atoms with Crippen LogP contribution in [0.4, 0.5) is 0 Å². The third-order valence-corrected chi connectivity index (χ3v) is 6.62. The van der Waals surface area contributed by atoms with Crippen molar-refractivity contribution in [3.05, 3.63) is 60.2 Å². The summed E-state index contributed by atoms with van der Waals surface area (Å²) in [5.74, 6) is 0.507. The molecule has 30 heavy (non-hydrogen) atoms. The summed E-state index contributed by atoms with van der Waals surface area (Å²) >= 11 is 0. The van der Waals surface area contributed by atoms with Crippen LogP contribution in [0.1, 0.15) is 45.1 Å². The van der Waals surface area contributed by atoms with Gasteiger partial charge in [0, 0.05) is 25.0 Å². The zero-order chi connectivity index (χ0) is 21.1. The summed E-state index contributed by atoms with van der Waals surface area (Å²) in [6, 6.07) is 18.9. The fraction of sp³-hybridized carbons (Fsp3) is 0.462. The molecule has 4 rings (SSSR count). The van der Waals surface area contributed by atoms with E-state index in [2.05, 4.69) is 41.7 Å². The number of likely N-dealkylation sites (tertiary alicyclic amines) is 1. The Labute approximate surface area is 179 Å². The topological polar surface area (TPSA) is 49.4 Å². The molecule has 2 aromatic carbocycles. The Morgan fingerprint density at radius 1 is 1.03 bits per heavy atom. The smallest absolute Gasteiger partial charge is 0.228 e. The van der Waals surface area contributed by atoms with Crippen molar-refractivity contribution in [1.82, 2.24) is 10.2 Å². The highest BCUT2D eigenvalue weighted by molar-refractivity contribution is 5.86. The molecule has 0 bridgehead atoms. The fourth-order valence-corrected chi connectivity index (χ4v) is 4.64. The zero-order valence-electron chi connectivity index (χ0n) is 18.1. The number of amides is 2. The Morgan fingerprint density at radius 3 is 2.30 bits per heavy atom. The normalized spacial score (nSPS) is 21.5. The van der Waals surface area contributed by atoms with E-state index in [-0.39, 0.29) is 23.8 Å². The van der Waals surface area contributed by atoms with E-state index in [0.29, 0.717) is 19.5 Å².